The van der Waals surface area contributed by atoms with Crippen LogP contribution in [0, 0.1) is 16.6 Å². The topological polar surface area (TPSA) is 63.4 Å². The molecule has 1 fully saturated rings. The zero-order valence-corrected chi connectivity index (χ0v) is 15.9. The van der Waals surface area contributed by atoms with E-state index in [1.165, 1.54) is 6.07 Å². The van der Waals surface area contributed by atoms with E-state index >= 15 is 0 Å². The lowest BCUT2D eigenvalue weighted by atomic mass is 9.65. The van der Waals surface area contributed by atoms with Crippen LogP contribution >= 0.6 is 11.6 Å². The minimum atomic E-state index is -0.515. The Morgan fingerprint density at radius 3 is 2.77 bits per heavy atom. The number of nitrogens with two attached hydrogens (primary N) is 1. The maximum absolute atomic E-state index is 13.9. The van der Waals surface area contributed by atoms with Gasteiger partial charge in [-0.25, -0.2) is 4.39 Å². The van der Waals surface area contributed by atoms with Gasteiger partial charge in [-0.15, -0.1) is 0 Å². The summed E-state index contributed by atoms with van der Waals surface area (Å²) in [7, 11) is 0. The molecule has 0 radical (unpaired) electrons. The maximum atomic E-state index is 13.9. The molecule has 1 atom stereocenters. The van der Waals surface area contributed by atoms with Crippen LogP contribution in [-0.2, 0) is 16.0 Å². The largest absolute Gasteiger partial charge is 0.396 e. The summed E-state index contributed by atoms with van der Waals surface area (Å²) in [6.07, 6.45) is 3.80. The van der Waals surface area contributed by atoms with E-state index in [-0.39, 0.29) is 35.8 Å². The molecule has 1 heterocycles. The molecule has 1 amide bonds. The van der Waals surface area contributed by atoms with Gasteiger partial charge in [-0.2, -0.15) is 0 Å². The van der Waals surface area contributed by atoms with E-state index in [0.717, 1.165) is 6.42 Å². The summed E-state index contributed by atoms with van der Waals surface area (Å²) >= 11 is 6.03. The van der Waals surface area contributed by atoms with Crippen molar-refractivity contribution in [1.29, 1.82) is 0 Å². The van der Waals surface area contributed by atoms with Gasteiger partial charge < -0.3 is 10.6 Å². The minimum absolute atomic E-state index is 0.0251. The normalized spacial score (nSPS) is 24.8. The predicted molar refractivity (Wildman–Crippen MR) is 99.0 cm³/mol. The molecule has 1 aromatic carbocycles. The standard InChI is InChI=1S/C20H24ClFN2O2/c1-19(2)11-20(10-16(23)18(19)26)8-9-24(12-20)17(25)7-6-13-14(21)4-3-5-15(13)22/h3-5,10H,6-9,11-12,23H2,1-2H3/t20-/m1/s1. The Morgan fingerprint density at radius 2 is 2.12 bits per heavy atom. The SMILES string of the molecule is CC1(C)C[C@]2(C=C(N)C1=O)CCN(C(=O)CCc1c(F)cccc1Cl)C2. The third kappa shape index (κ3) is 3.50. The first kappa shape index (κ1) is 18.9. The number of allylic oxidation sites excluding steroid dienone is 1. The van der Waals surface area contributed by atoms with Crippen LogP contribution in [0.5, 0.6) is 0 Å². The molecule has 3 rings (SSSR count). The number of ketones is 1. The van der Waals surface area contributed by atoms with Crippen LogP contribution in [0.25, 0.3) is 0 Å². The number of halogens is 2. The summed E-state index contributed by atoms with van der Waals surface area (Å²) in [5.41, 5.74) is 5.87. The van der Waals surface area contributed by atoms with Gasteiger partial charge in [0.05, 0.1) is 5.70 Å². The highest BCUT2D eigenvalue weighted by Gasteiger charge is 2.48. The molecule has 140 valence electrons. The summed E-state index contributed by atoms with van der Waals surface area (Å²) in [4.78, 5) is 26.6. The number of carbonyl (C=O) groups excluding carboxylic acids is 2. The van der Waals surface area contributed by atoms with Crippen LogP contribution in [0.1, 0.15) is 38.7 Å². The number of Topliss-reactive ketones (excluding diaryl/α,β-unsaturated/α-hetero) is 1. The lowest BCUT2D eigenvalue weighted by Gasteiger charge is -2.39. The number of amides is 1. The van der Waals surface area contributed by atoms with E-state index in [9.17, 15) is 14.0 Å². The molecule has 26 heavy (non-hydrogen) atoms. The molecule has 1 aliphatic carbocycles. The Labute approximate surface area is 158 Å². The summed E-state index contributed by atoms with van der Waals surface area (Å²) < 4.78 is 13.9. The fourth-order valence-electron chi connectivity index (χ4n) is 4.33. The first-order chi connectivity index (χ1) is 12.1. The van der Waals surface area contributed by atoms with Crippen LogP contribution in [-0.4, -0.2) is 29.7 Å². The zero-order valence-electron chi connectivity index (χ0n) is 15.1. The number of nitrogens with zero attached hydrogens (tertiary/aromatic N) is 1. The van der Waals surface area contributed by atoms with Crippen molar-refractivity contribution in [3.63, 3.8) is 0 Å². The lowest BCUT2D eigenvalue weighted by Crippen LogP contribution is -2.42. The molecule has 0 aromatic heterocycles. The summed E-state index contributed by atoms with van der Waals surface area (Å²) in [5, 5.41) is 0.346. The average Bonchev–Trinajstić information content (AvgIpc) is 2.95. The van der Waals surface area contributed by atoms with Gasteiger partial charge in [0.15, 0.2) is 5.78 Å². The Balaban J connectivity index is 1.67. The van der Waals surface area contributed by atoms with E-state index in [4.69, 9.17) is 17.3 Å². The van der Waals surface area contributed by atoms with Crippen molar-refractivity contribution in [2.75, 3.05) is 13.1 Å². The third-order valence-corrected chi connectivity index (χ3v) is 5.88. The lowest BCUT2D eigenvalue weighted by molar-refractivity contribution is -0.130. The van der Waals surface area contributed by atoms with Gasteiger partial charge in [0.25, 0.3) is 0 Å². The van der Waals surface area contributed by atoms with Gasteiger partial charge >= 0.3 is 0 Å². The molecule has 4 nitrogen and oxygen atoms in total. The van der Waals surface area contributed by atoms with Crippen molar-refractivity contribution in [2.24, 2.45) is 16.6 Å². The van der Waals surface area contributed by atoms with Crippen molar-refractivity contribution < 1.29 is 14.0 Å². The molecular weight excluding hydrogens is 355 g/mol. The van der Waals surface area contributed by atoms with Crippen LogP contribution in [0.4, 0.5) is 4.39 Å². The Kier molecular flexibility index (Phi) is 4.86. The molecule has 1 aliphatic heterocycles. The number of rotatable bonds is 3. The second-order valence-electron chi connectivity index (χ2n) is 8.12. The number of benzene rings is 1. The van der Waals surface area contributed by atoms with Crippen molar-refractivity contribution in [3.05, 3.63) is 46.4 Å². The minimum Gasteiger partial charge on any atom is -0.396 e. The van der Waals surface area contributed by atoms with Gasteiger partial charge in [-0.05, 0) is 37.5 Å². The third-order valence-electron chi connectivity index (χ3n) is 5.52. The highest BCUT2D eigenvalue weighted by atomic mass is 35.5. The molecule has 1 aromatic rings. The zero-order chi connectivity index (χ0) is 19.1. The predicted octanol–water partition coefficient (Wildman–Crippen LogP) is 3.47. The first-order valence-electron chi connectivity index (χ1n) is 8.87. The van der Waals surface area contributed by atoms with Crippen molar-refractivity contribution in [3.8, 4) is 0 Å². The monoisotopic (exact) mass is 378 g/mol. The Hall–Kier alpha value is -1.88. The number of hydrogen-bond acceptors (Lipinski definition) is 3. The van der Waals surface area contributed by atoms with Gasteiger partial charge in [-0.1, -0.05) is 31.5 Å². The molecule has 0 unspecified atom stereocenters. The number of likely N-dealkylation sites (tertiary alicyclic amines) is 1. The van der Waals surface area contributed by atoms with Crippen LogP contribution in [0.3, 0.4) is 0 Å². The average molecular weight is 379 g/mol. The highest BCUT2D eigenvalue weighted by Crippen LogP contribution is 2.47. The molecule has 2 N–H and O–H groups in total. The van der Waals surface area contributed by atoms with E-state index in [1.807, 2.05) is 19.9 Å². The van der Waals surface area contributed by atoms with E-state index < -0.39 is 5.41 Å². The van der Waals surface area contributed by atoms with Gasteiger partial charge in [0.1, 0.15) is 5.82 Å². The Bertz CT molecular complexity index is 770. The molecule has 0 bridgehead atoms. The number of hydrogen-bond donors (Lipinski definition) is 1. The Morgan fingerprint density at radius 1 is 1.38 bits per heavy atom. The fraction of sp³-hybridized carbons (Fsp3) is 0.500. The second kappa shape index (κ2) is 6.69. The molecule has 1 spiro atoms. The van der Waals surface area contributed by atoms with E-state index in [1.54, 1.807) is 17.0 Å². The van der Waals surface area contributed by atoms with Crippen LogP contribution < -0.4 is 5.73 Å². The molecule has 6 heteroatoms. The maximum Gasteiger partial charge on any atom is 0.222 e. The summed E-state index contributed by atoms with van der Waals surface area (Å²) in [5.74, 6) is -0.434. The summed E-state index contributed by atoms with van der Waals surface area (Å²) in [6, 6.07) is 4.53. The fourth-order valence-corrected chi connectivity index (χ4v) is 4.59. The molecule has 2 aliphatic rings. The van der Waals surface area contributed by atoms with Crippen molar-refractivity contribution in [1.82, 2.24) is 4.90 Å². The van der Waals surface area contributed by atoms with Gasteiger partial charge in [-0.3, -0.25) is 9.59 Å². The van der Waals surface area contributed by atoms with Crippen LogP contribution in [0.2, 0.25) is 5.02 Å². The molecule has 0 saturated carbocycles. The molecule has 1 saturated heterocycles. The highest BCUT2D eigenvalue weighted by molar-refractivity contribution is 6.31. The van der Waals surface area contributed by atoms with Crippen LogP contribution in [0.15, 0.2) is 30.0 Å². The molecular formula is C20H24ClFN2O2. The smallest absolute Gasteiger partial charge is 0.222 e. The van der Waals surface area contributed by atoms with Gasteiger partial charge in [0, 0.05) is 40.9 Å². The quantitative estimate of drug-likeness (QED) is 0.875. The van der Waals surface area contributed by atoms with Gasteiger partial charge in [0.2, 0.25) is 5.91 Å². The second-order valence-corrected chi connectivity index (χ2v) is 8.52. The van der Waals surface area contributed by atoms with E-state index in [0.29, 0.717) is 35.8 Å². The number of carbonyl (C=O) groups is 2. The van der Waals surface area contributed by atoms with E-state index in [2.05, 4.69) is 0 Å². The van der Waals surface area contributed by atoms with Crippen molar-refractivity contribution in [2.45, 2.75) is 39.5 Å². The first-order valence-corrected chi connectivity index (χ1v) is 9.25. The summed E-state index contributed by atoms with van der Waals surface area (Å²) in [6.45, 7) is 4.98. The van der Waals surface area contributed by atoms with Crippen molar-refractivity contribution >= 4 is 23.3 Å².